The quantitative estimate of drug-likeness (QED) is 0.163. The molecular formula is C19H17Br2F10ISi. The maximum atomic E-state index is 12.7. The average molecular weight is 750 g/mol. The molecule has 33 heavy (non-hydrogen) atoms. The van der Waals surface area contributed by atoms with E-state index in [0.717, 1.165) is 48.4 Å². The zero-order valence-electron chi connectivity index (χ0n) is 17.0. The van der Waals surface area contributed by atoms with Crippen LogP contribution in [0.1, 0.15) is 5.56 Å². The van der Waals surface area contributed by atoms with Crippen LogP contribution in [-0.2, 0) is 5.92 Å². The summed E-state index contributed by atoms with van der Waals surface area (Å²) >= 11 is 8.55. The van der Waals surface area contributed by atoms with Gasteiger partial charge in [0.25, 0.3) is 0 Å². The van der Waals surface area contributed by atoms with Crippen molar-refractivity contribution in [2.75, 3.05) is 0 Å². The van der Waals surface area contributed by atoms with Gasteiger partial charge >= 0.3 is 23.8 Å². The van der Waals surface area contributed by atoms with Gasteiger partial charge < -0.3 is 0 Å². The van der Waals surface area contributed by atoms with Crippen LogP contribution in [0, 0.1) is 3.57 Å². The first-order chi connectivity index (χ1) is 14.5. The molecule has 0 aliphatic carbocycles. The highest BCUT2D eigenvalue weighted by atomic mass is 127. The topological polar surface area (TPSA) is 0 Å². The molecule has 2 rings (SSSR count). The molecule has 188 valence electrons. The summed E-state index contributed by atoms with van der Waals surface area (Å²) in [7, 11) is -3.48. The molecule has 0 saturated carbocycles. The van der Waals surface area contributed by atoms with Crippen molar-refractivity contribution in [1.82, 2.24) is 0 Å². The minimum atomic E-state index is -5.55. The number of rotatable bonds is 2. The van der Waals surface area contributed by atoms with Crippen LogP contribution in [0.5, 0.6) is 0 Å². The normalized spacial score (nSPS) is 12.8. The van der Waals surface area contributed by atoms with E-state index in [2.05, 4.69) is 66.6 Å². The summed E-state index contributed by atoms with van der Waals surface area (Å²) < 4.78 is 123. The van der Waals surface area contributed by atoms with Crippen LogP contribution < -0.4 is 0 Å². The van der Waals surface area contributed by atoms with Crippen molar-refractivity contribution in [3.05, 3.63) is 66.6 Å². The minimum absolute atomic E-state index is 0.444. The van der Waals surface area contributed by atoms with Crippen LogP contribution >= 0.6 is 54.5 Å². The zero-order valence-corrected chi connectivity index (χ0v) is 23.4. The van der Waals surface area contributed by atoms with Crippen LogP contribution in [0.25, 0.3) is 0 Å². The Labute approximate surface area is 215 Å². The van der Waals surface area contributed by atoms with Gasteiger partial charge in [0.1, 0.15) is 8.07 Å². The molecule has 0 heterocycles. The van der Waals surface area contributed by atoms with Gasteiger partial charge in [-0.05, 0) is 59.0 Å². The highest BCUT2D eigenvalue weighted by Gasteiger charge is 2.64. The van der Waals surface area contributed by atoms with E-state index in [1.807, 2.05) is 12.1 Å². The largest absolute Gasteiger partial charge is 0.458 e. The Morgan fingerprint density at radius 1 is 0.606 bits per heavy atom. The number of halogens is 13. The summed E-state index contributed by atoms with van der Waals surface area (Å²) in [6.45, 7) is 2.96. The highest BCUT2D eigenvalue weighted by Crippen LogP contribution is 2.44. The first kappa shape index (κ1) is 32.6. The van der Waals surface area contributed by atoms with Gasteiger partial charge in [0.05, 0.1) is 0 Å². The lowest BCUT2D eigenvalue weighted by atomic mass is 10.1. The summed E-state index contributed by atoms with van der Waals surface area (Å²) in [6, 6.07) is 11.9. The number of hydrogen-bond donors (Lipinski definition) is 0. The molecule has 0 nitrogen and oxygen atoms in total. The summed E-state index contributed by atoms with van der Waals surface area (Å²) in [5.74, 6) is -4.80. The third-order valence-electron chi connectivity index (χ3n) is 3.66. The second-order valence-electron chi connectivity index (χ2n) is 7.34. The lowest BCUT2D eigenvalue weighted by Crippen LogP contribution is -2.55. The van der Waals surface area contributed by atoms with Gasteiger partial charge in [-0.1, -0.05) is 63.6 Å². The minimum Gasteiger partial charge on any atom is -0.202 e. The van der Waals surface area contributed by atoms with Gasteiger partial charge in [0.2, 0.25) is 0 Å². The van der Waals surface area contributed by atoms with E-state index in [-0.39, 0.29) is 0 Å². The molecular weight excluding hydrogens is 733 g/mol. The molecule has 0 unspecified atom stereocenters. The second kappa shape index (κ2) is 12.1. The molecule has 0 fully saturated rings. The monoisotopic (exact) mass is 748 g/mol. The standard InChI is InChI=1S/C8H4BrF5.C6H4BrI.C5H9F5Si/c9-6-3-1-5(2-4-6)7(10,11)8(12,13)14;7-5-1-3-6(8)4-2-5;1-11(2,3)5(9,10)4(6,7)8/h1-4H;1-4H;1-3H3. The second-order valence-corrected chi connectivity index (χ2v) is 15.5. The molecule has 14 heteroatoms. The molecule has 0 N–H and O–H groups in total. The van der Waals surface area contributed by atoms with Crippen LogP contribution in [0.15, 0.2) is 57.5 Å². The summed E-state index contributed by atoms with van der Waals surface area (Å²) in [6.07, 6.45) is -10.9. The molecule has 0 amide bonds. The Bertz CT molecular complexity index is 822. The van der Waals surface area contributed by atoms with Crippen molar-refractivity contribution < 1.29 is 43.9 Å². The first-order valence-electron chi connectivity index (χ1n) is 8.60. The third kappa shape index (κ3) is 10.0. The molecule has 0 aliphatic heterocycles. The van der Waals surface area contributed by atoms with E-state index >= 15 is 0 Å². The van der Waals surface area contributed by atoms with E-state index in [4.69, 9.17) is 0 Å². The van der Waals surface area contributed by atoms with Crippen molar-refractivity contribution in [3.8, 4) is 0 Å². The van der Waals surface area contributed by atoms with Gasteiger partial charge in [-0.3, -0.25) is 0 Å². The molecule has 0 atom stereocenters. The Hall–Kier alpha value is -0.353. The first-order valence-corrected chi connectivity index (χ1v) is 14.8. The average Bonchev–Trinajstić information content (AvgIpc) is 2.63. The van der Waals surface area contributed by atoms with E-state index in [9.17, 15) is 43.9 Å². The molecule has 2 aromatic rings. The van der Waals surface area contributed by atoms with Crippen LogP contribution in [0.2, 0.25) is 19.6 Å². The predicted octanol–water partition coefficient (Wildman–Crippen LogP) is 10.2. The van der Waals surface area contributed by atoms with Gasteiger partial charge in [-0.15, -0.1) is 0 Å². The lowest BCUT2D eigenvalue weighted by Gasteiger charge is -2.29. The molecule has 2 aromatic carbocycles. The maximum Gasteiger partial charge on any atom is 0.458 e. The van der Waals surface area contributed by atoms with E-state index in [1.54, 1.807) is 0 Å². The van der Waals surface area contributed by atoms with Crippen molar-refractivity contribution >= 4 is 62.5 Å². The third-order valence-corrected chi connectivity index (χ3v) is 7.61. The van der Waals surface area contributed by atoms with Crippen LogP contribution in [0.4, 0.5) is 43.9 Å². The smallest absolute Gasteiger partial charge is 0.202 e. The molecule has 0 radical (unpaired) electrons. The highest BCUT2D eigenvalue weighted by molar-refractivity contribution is 14.1. The van der Waals surface area contributed by atoms with Crippen molar-refractivity contribution in [2.24, 2.45) is 0 Å². The van der Waals surface area contributed by atoms with E-state index < -0.39 is 37.5 Å². The Kier molecular flexibility index (Phi) is 11.9. The van der Waals surface area contributed by atoms with Crippen LogP contribution in [0.3, 0.4) is 0 Å². The van der Waals surface area contributed by atoms with Crippen molar-refractivity contribution in [1.29, 1.82) is 0 Å². The molecule has 0 aromatic heterocycles. The number of alkyl halides is 10. The van der Waals surface area contributed by atoms with Gasteiger partial charge in [0.15, 0.2) is 0 Å². The number of benzene rings is 2. The van der Waals surface area contributed by atoms with Crippen molar-refractivity contribution in [3.63, 3.8) is 0 Å². The van der Waals surface area contributed by atoms with Crippen molar-refractivity contribution in [2.45, 2.75) is 43.5 Å². The van der Waals surface area contributed by atoms with Gasteiger partial charge in [-0.2, -0.15) is 35.1 Å². The maximum absolute atomic E-state index is 12.7. The summed E-state index contributed by atoms with van der Waals surface area (Å²) in [5, 5.41) is 0. The van der Waals surface area contributed by atoms with E-state index in [0.29, 0.717) is 4.47 Å². The molecule has 0 aliphatic rings. The molecule has 0 saturated heterocycles. The van der Waals surface area contributed by atoms with Gasteiger partial charge in [-0.25, -0.2) is 8.78 Å². The predicted molar refractivity (Wildman–Crippen MR) is 125 cm³/mol. The fraction of sp³-hybridized carbons (Fsp3) is 0.368. The fourth-order valence-electron chi connectivity index (χ4n) is 1.68. The summed E-state index contributed by atoms with van der Waals surface area (Å²) in [4.78, 5) is 0. The van der Waals surface area contributed by atoms with Gasteiger partial charge in [0, 0.05) is 18.1 Å². The Balaban J connectivity index is 0.000000484. The number of hydrogen-bond acceptors (Lipinski definition) is 0. The van der Waals surface area contributed by atoms with E-state index in [1.165, 1.54) is 3.57 Å². The summed E-state index contributed by atoms with van der Waals surface area (Å²) in [5.41, 5.74) is -5.55. The van der Waals surface area contributed by atoms with Crippen LogP contribution in [-0.4, -0.2) is 26.0 Å². The Morgan fingerprint density at radius 3 is 1.15 bits per heavy atom. The fourth-order valence-corrected chi connectivity index (χ4v) is 3.42. The Morgan fingerprint density at radius 2 is 0.939 bits per heavy atom. The molecule has 0 bridgehead atoms. The SMILES string of the molecule is Brc1ccc(I)cc1.C[Si](C)(C)C(F)(F)C(F)(F)F.FC(F)(F)C(F)(F)c1ccc(Br)cc1. The zero-order chi connectivity index (χ0) is 26.5. The molecule has 0 spiro atoms. The lowest BCUT2D eigenvalue weighted by molar-refractivity contribution is -0.289.